The summed E-state index contributed by atoms with van der Waals surface area (Å²) in [4.78, 5) is 13.4. The van der Waals surface area contributed by atoms with Crippen molar-refractivity contribution < 1.29 is 4.79 Å². The van der Waals surface area contributed by atoms with Gasteiger partial charge in [0.25, 0.3) is 0 Å². The van der Waals surface area contributed by atoms with E-state index in [1.165, 1.54) is 4.90 Å². The number of hydrogen-bond acceptors (Lipinski definition) is 2. The summed E-state index contributed by atoms with van der Waals surface area (Å²) in [5, 5.41) is 0. The van der Waals surface area contributed by atoms with Crippen LogP contribution in [0.3, 0.4) is 0 Å². The molecule has 0 aliphatic heterocycles. The van der Waals surface area contributed by atoms with Gasteiger partial charge in [-0.3, -0.25) is 4.79 Å². The molecule has 0 saturated heterocycles. The van der Waals surface area contributed by atoms with Gasteiger partial charge in [-0.15, -0.1) is 11.8 Å². The second-order valence-corrected chi connectivity index (χ2v) is 8.74. The van der Waals surface area contributed by atoms with E-state index >= 15 is 0 Å². The lowest BCUT2D eigenvalue weighted by Gasteiger charge is -2.18. The molecule has 0 heterocycles. The molecule has 1 nitrogen and oxygen atoms in total. The molecule has 0 N–H and O–H groups in total. The molecule has 3 heteroatoms. The van der Waals surface area contributed by atoms with Crippen molar-refractivity contribution in [1.29, 1.82) is 0 Å². The van der Waals surface area contributed by atoms with E-state index in [1.807, 2.05) is 60.3 Å². The van der Waals surface area contributed by atoms with Crippen molar-refractivity contribution in [3.63, 3.8) is 0 Å². The Bertz CT molecular complexity index is 681. The number of halogens is 1. The van der Waals surface area contributed by atoms with Crippen LogP contribution in [-0.4, -0.2) is 10.5 Å². The average molecular weight is 375 g/mol. The first kappa shape index (κ1) is 17.0. The average Bonchev–Trinajstić information content (AvgIpc) is 2.45. The van der Waals surface area contributed by atoms with Gasteiger partial charge in [0.05, 0.1) is 0 Å². The molecule has 2 rings (SSSR count). The van der Waals surface area contributed by atoms with Crippen molar-refractivity contribution in [1.82, 2.24) is 0 Å². The van der Waals surface area contributed by atoms with Gasteiger partial charge in [0, 0.05) is 19.7 Å². The van der Waals surface area contributed by atoms with E-state index in [-0.39, 0.29) is 10.5 Å². The Morgan fingerprint density at radius 1 is 1.05 bits per heavy atom. The van der Waals surface area contributed by atoms with E-state index in [9.17, 15) is 4.79 Å². The van der Waals surface area contributed by atoms with Crippen LogP contribution in [0.25, 0.3) is 6.08 Å². The summed E-state index contributed by atoms with van der Waals surface area (Å²) in [7, 11) is 0. The van der Waals surface area contributed by atoms with Crippen molar-refractivity contribution in [2.75, 3.05) is 0 Å². The quantitative estimate of drug-likeness (QED) is 0.358. The Hall–Kier alpha value is -1.32. The molecule has 2 aromatic rings. The van der Waals surface area contributed by atoms with Gasteiger partial charge < -0.3 is 0 Å². The van der Waals surface area contributed by atoms with E-state index in [0.29, 0.717) is 5.56 Å². The third-order valence-electron chi connectivity index (χ3n) is 2.88. The van der Waals surface area contributed by atoms with Gasteiger partial charge in [0.15, 0.2) is 5.78 Å². The fraction of sp³-hybridized carbons (Fsp3) is 0.211. The first-order valence-electron chi connectivity index (χ1n) is 7.11. The molecule has 0 bridgehead atoms. The predicted octanol–water partition coefficient (Wildman–Crippen LogP) is 6.24. The van der Waals surface area contributed by atoms with Crippen LogP contribution in [0.2, 0.25) is 0 Å². The minimum atomic E-state index is 0.0167. The number of allylic oxidation sites excluding steroid dienone is 1. The second kappa shape index (κ2) is 7.30. The van der Waals surface area contributed by atoms with Crippen LogP contribution < -0.4 is 0 Å². The molecule has 114 valence electrons. The molecular formula is C19H19BrOS. The molecule has 0 aromatic heterocycles. The first-order valence-corrected chi connectivity index (χ1v) is 8.72. The molecule has 0 saturated carbocycles. The molecule has 0 spiro atoms. The van der Waals surface area contributed by atoms with Crippen LogP contribution in [0.15, 0.2) is 64.0 Å². The lowest BCUT2D eigenvalue weighted by molar-refractivity contribution is 0.104. The number of benzene rings is 2. The van der Waals surface area contributed by atoms with Gasteiger partial charge in [-0.05, 0) is 48.0 Å². The zero-order valence-corrected chi connectivity index (χ0v) is 15.4. The van der Waals surface area contributed by atoms with Gasteiger partial charge in [-0.25, -0.2) is 0 Å². The summed E-state index contributed by atoms with van der Waals surface area (Å²) >= 11 is 5.18. The molecule has 0 atom stereocenters. The molecule has 0 fully saturated rings. The van der Waals surface area contributed by atoms with Gasteiger partial charge >= 0.3 is 0 Å². The zero-order chi connectivity index (χ0) is 16.2. The lowest BCUT2D eigenvalue weighted by Crippen LogP contribution is -2.07. The molecule has 0 aliphatic carbocycles. The monoisotopic (exact) mass is 374 g/mol. The Labute approximate surface area is 145 Å². The van der Waals surface area contributed by atoms with Crippen LogP contribution in [-0.2, 0) is 0 Å². The van der Waals surface area contributed by atoms with Crippen molar-refractivity contribution in [2.45, 2.75) is 30.4 Å². The zero-order valence-electron chi connectivity index (χ0n) is 13.0. The molecule has 0 unspecified atom stereocenters. The number of carbonyl (C=O) groups is 1. The van der Waals surface area contributed by atoms with Crippen LogP contribution in [0.5, 0.6) is 0 Å². The van der Waals surface area contributed by atoms with Gasteiger partial charge in [-0.2, -0.15) is 0 Å². The molecular weight excluding hydrogens is 356 g/mol. The van der Waals surface area contributed by atoms with Crippen LogP contribution in [0.4, 0.5) is 0 Å². The number of carbonyl (C=O) groups excluding carboxylic acids is 1. The van der Waals surface area contributed by atoms with Crippen LogP contribution in [0.1, 0.15) is 36.7 Å². The third kappa shape index (κ3) is 5.15. The summed E-state index contributed by atoms with van der Waals surface area (Å²) < 4.78 is 1.11. The molecule has 0 amide bonds. The summed E-state index contributed by atoms with van der Waals surface area (Å²) in [6.45, 7) is 6.56. The van der Waals surface area contributed by atoms with Crippen LogP contribution in [0, 0.1) is 0 Å². The van der Waals surface area contributed by atoms with Gasteiger partial charge in [-0.1, -0.05) is 54.9 Å². The Morgan fingerprint density at radius 2 is 1.68 bits per heavy atom. The smallest absolute Gasteiger partial charge is 0.185 e. The topological polar surface area (TPSA) is 17.1 Å². The van der Waals surface area contributed by atoms with Gasteiger partial charge in [0.1, 0.15) is 0 Å². The predicted molar refractivity (Wildman–Crippen MR) is 99.6 cm³/mol. The standard InChI is InChI=1S/C19H19BrOS/c1-19(2,3)22-18-7-5-4-6-15(18)10-13-17(21)14-8-11-16(20)12-9-14/h4-13H,1-3H3. The number of rotatable bonds is 4. The highest BCUT2D eigenvalue weighted by molar-refractivity contribution is 9.10. The minimum Gasteiger partial charge on any atom is -0.289 e. The second-order valence-electron chi connectivity index (χ2n) is 5.96. The first-order chi connectivity index (χ1) is 10.3. The highest BCUT2D eigenvalue weighted by Gasteiger charge is 2.13. The van der Waals surface area contributed by atoms with E-state index in [4.69, 9.17) is 0 Å². The highest BCUT2D eigenvalue weighted by Crippen LogP contribution is 2.34. The number of ketones is 1. The van der Waals surface area contributed by atoms with Crippen molar-refractivity contribution in [3.8, 4) is 0 Å². The van der Waals surface area contributed by atoms with Crippen molar-refractivity contribution in [3.05, 3.63) is 70.2 Å². The summed E-state index contributed by atoms with van der Waals surface area (Å²) in [5.41, 5.74) is 1.77. The van der Waals surface area contributed by atoms with E-state index in [2.05, 4.69) is 42.8 Å². The van der Waals surface area contributed by atoms with Crippen molar-refractivity contribution >= 4 is 39.6 Å². The highest BCUT2D eigenvalue weighted by atomic mass is 79.9. The van der Waals surface area contributed by atoms with E-state index in [0.717, 1.165) is 10.0 Å². The Balaban J connectivity index is 2.19. The summed E-state index contributed by atoms with van der Waals surface area (Å²) in [6.07, 6.45) is 3.55. The maximum absolute atomic E-state index is 12.2. The Kier molecular flexibility index (Phi) is 5.65. The van der Waals surface area contributed by atoms with Crippen LogP contribution >= 0.6 is 27.7 Å². The molecule has 0 aliphatic rings. The van der Waals surface area contributed by atoms with E-state index < -0.39 is 0 Å². The maximum Gasteiger partial charge on any atom is 0.185 e. The fourth-order valence-electron chi connectivity index (χ4n) is 1.92. The lowest BCUT2D eigenvalue weighted by atomic mass is 10.1. The third-order valence-corrected chi connectivity index (χ3v) is 4.61. The number of hydrogen-bond donors (Lipinski definition) is 0. The van der Waals surface area contributed by atoms with E-state index in [1.54, 1.807) is 6.08 Å². The number of thioether (sulfide) groups is 1. The largest absolute Gasteiger partial charge is 0.289 e. The van der Waals surface area contributed by atoms with Crippen molar-refractivity contribution in [2.24, 2.45) is 0 Å². The SMILES string of the molecule is CC(C)(C)Sc1ccccc1C=CC(=O)c1ccc(Br)cc1. The maximum atomic E-state index is 12.2. The fourth-order valence-corrected chi connectivity index (χ4v) is 3.24. The molecule has 22 heavy (non-hydrogen) atoms. The Morgan fingerprint density at radius 3 is 2.32 bits per heavy atom. The summed E-state index contributed by atoms with van der Waals surface area (Å²) in [6, 6.07) is 15.6. The van der Waals surface area contributed by atoms with Gasteiger partial charge in [0.2, 0.25) is 0 Å². The summed E-state index contributed by atoms with van der Waals surface area (Å²) in [5.74, 6) is 0.0167. The molecule has 2 aromatic carbocycles. The molecule has 0 radical (unpaired) electrons. The minimum absolute atomic E-state index is 0.0167. The normalized spacial score (nSPS) is 11.8.